The molecular formula is C17H19N3O3S. The Bertz CT molecular complexity index is 939. The maximum absolute atomic E-state index is 12.5. The minimum atomic E-state index is -3.73. The zero-order chi connectivity index (χ0) is 16.9. The number of hydrogen-bond acceptors (Lipinski definition) is 4. The van der Waals surface area contributed by atoms with Crippen molar-refractivity contribution in [2.45, 2.75) is 37.4 Å². The Labute approximate surface area is 140 Å². The first-order valence-corrected chi connectivity index (χ1v) is 9.78. The third-order valence-electron chi connectivity index (χ3n) is 4.96. The Hall–Kier alpha value is -1.99. The molecule has 1 saturated heterocycles. The number of primary sulfonamides is 1. The van der Waals surface area contributed by atoms with E-state index in [9.17, 15) is 13.2 Å². The normalized spacial score (nSPS) is 21.3. The summed E-state index contributed by atoms with van der Waals surface area (Å²) in [6.07, 6.45) is 3.86. The van der Waals surface area contributed by atoms with E-state index >= 15 is 0 Å². The van der Waals surface area contributed by atoms with Gasteiger partial charge in [0, 0.05) is 24.0 Å². The van der Waals surface area contributed by atoms with E-state index in [1.54, 1.807) is 4.90 Å². The van der Waals surface area contributed by atoms with Crippen LogP contribution in [0, 0.1) is 0 Å². The number of fused-ring (bicyclic) bond motifs is 2. The van der Waals surface area contributed by atoms with E-state index in [2.05, 4.69) is 0 Å². The Morgan fingerprint density at radius 3 is 2.67 bits per heavy atom. The predicted octanol–water partition coefficient (Wildman–Crippen LogP) is 1.51. The molecule has 2 aromatic rings. The van der Waals surface area contributed by atoms with Gasteiger partial charge in [0.1, 0.15) is 5.25 Å². The lowest BCUT2D eigenvalue weighted by atomic mass is 9.92. The summed E-state index contributed by atoms with van der Waals surface area (Å²) in [6.45, 7) is 0.123. The van der Waals surface area contributed by atoms with Gasteiger partial charge in [-0.2, -0.15) is 0 Å². The molecule has 0 spiro atoms. The van der Waals surface area contributed by atoms with Crippen molar-refractivity contribution >= 4 is 32.5 Å². The highest BCUT2D eigenvalue weighted by molar-refractivity contribution is 7.89. The summed E-state index contributed by atoms with van der Waals surface area (Å²) in [4.78, 5) is 18.9. The fraction of sp³-hybridized carbons (Fsp3) is 0.412. The number of carbonyl (C=O) groups excluding carboxylic acids is 1. The third-order valence-corrected chi connectivity index (χ3v) is 6.21. The Morgan fingerprint density at radius 2 is 1.92 bits per heavy atom. The van der Waals surface area contributed by atoms with Gasteiger partial charge in [0.2, 0.25) is 15.9 Å². The average Bonchev–Trinajstić information content (AvgIpc) is 2.94. The van der Waals surface area contributed by atoms with Crippen molar-refractivity contribution in [1.82, 2.24) is 4.98 Å². The van der Waals surface area contributed by atoms with Crippen LogP contribution in [0.1, 0.15) is 30.5 Å². The molecule has 1 aliphatic carbocycles. The van der Waals surface area contributed by atoms with Crippen LogP contribution in [0.2, 0.25) is 0 Å². The van der Waals surface area contributed by atoms with E-state index in [4.69, 9.17) is 10.1 Å². The van der Waals surface area contributed by atoms with Crippen molar-refractivity contribution in [3.05, 3.63) is 35.5 Å². The van der Waals surface area contributed by atoms with Gasteiger partial charge in [0.05, 0.1) is 11.2 Å². The minimum absolute atomic E-state index is 0.0513. The first-order valence-electron chi connectivity index (χ1n) is 8.17. The highest BCUT2D eigenvalue weighted by atomic mass is 32.2. The van der Waals surface area contributed by atoms with Crippen LogP contribution >= 0.6 is 0 Å². The van der Waals surface area contributed by atoms with Gasteiger partial charge >= 0.3 is 0 Å². The standard InChI is InChI=1S/C17H19N3O3S/c18-24(22,23)11-9-16(21)20(10-11)17-12-5-1-3-7-14(12)19-15-8-4-2-6-13(15)17/h1,3,5,7,11H,2,4,6,8-10H2,(H2,18,22,23). The van der Waals surface area contributed by atoms with Gasteiger partial charge in [-0.25, -0.2) is 13.6 Å². The van der Waals surface area contributed by atoms with E-state index in [1.165, 1.54) is 0 Å². The number of para-hydroxylation sites is 1. The summed E-state index contributed by atoms with van der Waals surface area (Å²) < 4.78 is 23.4. The second-order valence-electron chi connectivity index (χ2n) is 6.53. The van der Waals surface area contributed by atoms with Crippen molar-refractivity contribution in [3.63, 3.8) is 0 Å². The van der Waals surface area contributed by atoms with Crippen molar-refractivity contribution in [2.24, 2.45) is 5.14 Å². The summed E-state index contributed by atoms with van der Waals surface area (Å²) >= 11 is 0. The number of nitrogens with zero attached hydrogens (tertiary/aromatic N) is 2. The van der Waals surface area contributed by atoms with E-state index < -0.39 is 15.3 Å². The number of sulfonamides is 1. The molecule has 2 heterocycles. The van der Waals surface area contributed by atoms with Crippen LogP contribution in [0.3, 0.4) is 0 Å². The lowest BCUT2D eigenvalue weighted by Crippen LogP contribution is -2.33. The van der Waals surface area contributed by atoms with Crippen molar-refractivity contribution in [2.75, 3.05) is 11.4 Å². The first-order chi connectivity index (χ1) is 11.4. The predicted molar refractivity (Wildman–Crippen MR) is 92.3 cm³/mol. The lowest BCUT2D eigenvalue weighted by molar-refractivity contribution is -0.117. The molecule has 6 nitrogen and oxygen atoms in total. The minimum Gasteiger partial charge on any atom is -0.310 e. The van der Waals surface area contributed by atoms with Crippen LogP contribution in [0.4, 0.5) is 5.69 Å². The quantitative estimate of drug-likeness (QED) is 0.893. The van der Waals surface area contributed by atoms with Crippen molar-refractivity contribution < 1.29 is 13.2 Å². The molecule has 126 valence electrons. The fourth-order valence-electron chi connectivity index (χ4n) is 3.77. The lowest BCUT2D eigenvalue weighted by Gasteiger charge is -2.26. The number of benzene rings is 1. The molecule has 24 heavy (non-hydrogen) atoms. The number of hydrogen-bond donors (Lipinski definition) is 1. The topological polar surface area (TPSA) is 93.4 Å². The molecule has 0 bridgehead atoms. The number of carbonyl (C=O) groups is 1. The second-order valence-corrected chi connectivity index (χ2v) is 8.37. The van der Waals surface area contributed by atoms with Crippen LogP contribution in [0.5, 0.6) is 0 Å². The number of amides is 1. The van der Waals surface area contributed by atoms with Gasteiger partial charge in [0.25, 0.3) is 0 Å². The first kappa shape index (κ1) is 15.5. The van der Waals surface area contributed by atoms with E-state index in [0.29, 0.717) is 0 Å². The van der Waals surface area contributed by atoms with Crippen molar-refractivity contribution in [3.8, 4) is 0 Å². The number of aromatic nitrogens is 1. The van der Waals surface area contributed by atoms with Crippen molar-refractivity contribution in [1.29, 1.82) is 0 Å². The van der Waals surface area contributed by atoms with E-state index in [1.807, 2.05) is 24.3 Å². The van der Waals surface area contributed by atoms with Crippen LogP contribution in [0.25, 0.3) is 10.9 Å². The van der Waals surface area contributed by atoms with Gasteiger partial charge < -0.3 is 4.90 Å². The number of nitrogens with two attached hydrogens (primary N) is 1. The highest BCUT2D eigenvalue weighted by Gasteiger charge is 2.39. The number of anilines is 1. The van der Waals surface area contributed by atoms with E-state index in [-0.39, 0.29) is 18.9 Å². The smallest absolute Gasteiger partial charge is 0.228 e. The maximum atomic E-state index is 12.5. The van der Waals surface area contributed by atoms with Crippen LogP contribution in [-0.4, -0.2) is 31.1 Å². The Morgan fingerprint density at radius 1 is 1.17 bits per heavy atom. The van der Waals surface area contributed by atoms with Gasteiger partial charge in [-0.05, 0) is 37.3 Å². The molecule has 1 aliphatic heterocycles. The molecular weight excluding hydrogens is 326 g/mol. The molecule has 0 saturated carbocycles. The van der Waals surface area contributed by atoms with Crippen LogP contribution < -0.4 is 10.0 Å². The number of pyridine rings is 1. The van der Waals surface area contributed by atoms with Gasteiger partial charge in [0.15, 0.2) is 0 Å². The molecule has 1 fully saturated rings. The third kappa shape index (κ3) is 2.48. The monoisotopic (exact) mass is 345 g/mol. The molecule has 0 radical (unpaired) electrons. The summed E-state index contributed by atoms with van der Waals surface area (Å²) in [6, 6.07) is 7.73. The fourth-order valence-corrected chi connectivity index (χ4v) is 4.50. The summed E-state index contributed by atoms with van der Waals surface area (Å²) in [5.74, 6) is -0.182. The van der Waals surface area contributed by atoms with E-state index in [0.717, 1.165) is 53.5 Å². The molecule has 1 aromatic carbocycles. The van der Waals surface area contributed by atoms with Crippen LogP contribution in [-0.2, 0) is 27.7 Å². The second kappa shape index (κ2) is 5.53. The summed E-state index contributed by atoms with van der Waals surface area (Å²) in [5.41, 5.74) is 3.80. The SMILES string of the molecule is NS(=O)(=O)C1CC(=O)N(c2c3c(nc4ccccc24)CCCC3)C1. The Balaban J connectivity index is 1.91. The Kier molecular flexibility index (Phi) is 3.58. The molecule has 2 aliphatic rings. The zero-order valence-electron chi connectivity index (χ0n) is 13.2. The summed E-state index contributed by atoms with van der Waals surface area (Å²) in [5, 5.41) is 5.34. The molecule has 1 amide bonds. The van der Waals surface area contributed by atoms with Crippen LogP contribution in [0.15, 0.2) is 24.3 Å². The number of aryl methyl sites for hydroxylation is 1. The maximum Gasteiger partial charge on any atom is 0.228 e. The summed E-state index contributed by atoms with van der Waals surface area (Å²) in [7, 11) is -3.73. The van der Waals surface area contributed by atoms with Gasteiger partial charge in [-0.1, -0.05) is 18.2 Å². The molecule has 2 N–H and O–H groups in total. The number of rotatable bonds is 2. The largest absolute Gasteiger partial charge is 0.310 e. The van der Waals surface area contributed by atoms with Gasteiger partial charge in [-0.15, -0.1) is 0 Å². The molecule has 1 unspecified atom stereocenters. The molecule has 1 atom stereocenters. The molecule has 7 heteroatoms. The molecule has 1 aromatic heterocycles. The highest BCUT2D eigenvalue weighted by Crippen LogP contribution is 2.38. The average molecular weight is 345 g/mol. The molecule has 4 rings (SSSR count). The zero-order valence-corrected chi connectivity index (χ0v) is 14.1. The van der Waals surface area contributed by atoms with Gasteiger partial charge in [-0.3, -0.25) is 9.78 Å².